The average molecular weight is 337 g/mol. The van der Waals surface area contributed by atoms with E-state index < -0.39 is 5.91 Å². The van der Waals surface area contributed by atoms with Gasteiger partial charge in [-0.05, 0) is 51.8 Å². The van der Waals surface area contributed by atoms with Crippen LogP contribution in [-0.4, -0.2) is 17.2 Å². The Morgan fingerprint density at radius 1 is 1.30 bits per heavy atom. The first-order valence-electron chi connectivity index (χ1n) is 5.64. The van der Waals surface area contributed by atoms with Crippen LogP contribution in [0.4, 0.5) is 4.39 Å². The van der Waals surface area contributed by atoms with Crippen LogP contribution in [-0.2, 0) is 0 Å². The monoisotopic (exact) mass is 336 g/mol. The molecule has 2 rings (SSSR count). The van der Waals surface area contributed by atoms with Gasteiger partial charge in [-0.3, -0.25) is 4.79 Å². The summed E-state index contributed by atoms with van der Waals surface area (Å²) in [6.45, 7) is 0. The number of rotatable bonds is 3. The second-order valence-corrected chi connectivity index (χ2v) is 4.78. The summed E-state index contributed by atoms with van der Waals surface area (Å²) in [5, 5.41) is 13.0. The number of phenols is 1. The molecule has 0 fully saturated rings. The van der Waals surface area contributed by atoms with Crippen LogP contribution in [0.2, 0.25) is 0 Å². The number of nitrogens with zero attached hydrogens (tertiary/aromatic N) is 1. The van der Waals surface area contributed by atoms with Crippen molar-refractivity contribution in [1.29, 1.82) is 0 Å². The largest absolute Gasteiger partial charge is 0.508 e. The first kappa shape index (κ1) is 14.2. The van der Waals surface area contributed by atoms with Gasteiger partial charge in [-0.1, -0.05) is 12.1 Å². The van der Waals surface area contributed by atoms with Crippen molar-refractivity contribution in [2.45, 2.75) is 0 Å². The zero-order chi connectivity index (χ0) is 14.5. The number of carbonyl (C=O) groups is 1. The number of amides is 1. The molecule has 0 saturated heterocycles. The van der Waals surface area contributed by atoms with Gasteiger partial charge in [0.1, 0.15) is 11.6 Å². The van der Waals surface area contributed by atoms with Gasteiger partial charge in [-0.15, -0.1) is 0 Å². The van der Waals surface area contributed by atoms with E-state index in [1.165, 1.54) is 30.5 Å². The average Bonchev–Trinajstić information content (AvgIpc) is 2.42. The van der Waals surface area contributed by atoms with Gasteiger partial charge in [0, 0.05) is 5.56 Å². The summed E-state index contributed by atoms with van der Waals surface area (Å²) in [5.41, 5.74) is 3.25. The molecule has 0 atom stereocenters. The third-order valence-corrected chi connectivity index (χ3v) is 3.04. The van der Waals surface area contributed by atoms with Gasteiger partial charge in [0.05, 0.1) is 10.7 Å². The Balaban J connectivity index is 2.02. The van der Waals surface area contributed by atoms with Crippen molar-refractivity contribution in [3.05, 3.63) is 63.9 Å². The molecule has 0 bridgehead atoms. The van der Waals surface area contributed by atoms with E-state index in [-0.39, 0.29) is 11.6 Å². The van der Waals surface area contributed by atoms with Crippen LogP contribution in [0.1, 0.15) is 15.9 Å². The van der Waals surface area contributed by atoms with Crippen molar-refractivity contribution in [2.24, 2.45) is 5.10 Å². The Kier molecular flexibility index (Phi) is 4.47. The molecule has 0 unspecified atom stereocenters. The van der Waals surface area contributed by atoms with E-state index >= 15 is 0 Å². The van der Waals surface area contributed by atoms with E-state index in [0.717, 1.165) is 0 Å². The number of aromatic hydroxyl groups is 1. The van der Waals surface area contributed by atoms with E-state index in [0.29, 0.717) is 15.6 Å². The molecule has 0 aromatic heterocycles. The summed E-state index contributed by atoms with van der Waals surface area (Å²) in [6, 6.07) is 10.3. The number of hydrogen-bond donors (Lipinski definition) is 2. The minimum atomic E-state index is -0.446. The smallest absolute Gasteiger partial charge is 0.271 e. The summed E-state index contributed by atoms with van der Waals surface area (Å²) >= 11 is 3.06. The fourth-order valence-electron chi connectivity index (χ4n) is 1.47. The van der Waals surface area contributed by atoms with E-state index in [1.54, 1.807) is 18.2 Å². The number of hydrogen-bond acceptors (Lipinski definition) is 3. The number of hydrazone groups is 1. The Labute approximate surface area is 123 Å². The summed E-state index contributed by atoms with van der Waals surface area (Å²) in [5.74, 6) is -0.812. The van der Waals surface area contributed by atoms with Crippen LogP contribution in [0.25, 0.3) is 0 Å². The normalized spacial score (nSPS) is 10.7. The second-order valence-electron chi connectivity index (χ2n) is 3.92. The van der Waals surface area contributed by atoms with Crippen LogP contribution in [0.5, 0.6) is 5.75 Å². The number of nitrogens with one attached hydrogen (secondary N) is 1. The highest BCUT2D eigenvalue weighted by Crippen LogP contribution is 2.15. The van der Waals surface area contributed by atoms with E-state index in [9.17, 15) is 14.3 Å². The van der Waals surface area contributed by atoms with E-state index in [1.807, 2.05) is 0 Å². The molecular formula is C14H10BrFN2O2. The molecule has 2 N–H and O–H groups in total. The summed E-state index contributed by atoms with van der Waals surface area (Å²) in [4.78, 5) is 11.7. The van der Waals surface area contributed by atoms with Gasteiger partial charge >= 0.3 is 0 Å². The van der Waals surface area contributed by atoms with Gasteiger partial charge in [-0.2, -0.15) is 5.10 Å². The predicted molar refractivity (Wildman–Crippen MR) is 77.3 cm³/mol. The second kappa shape index (κ2) is 6.29. The van der Waals surface area contributed by atoms with Crippen LogP contribution < -0.4 is 5.43 Å². The topological polar surface area (TPSA) is 61.7 Å². The molecule has 0 aliphatic carbocycles. The zero-order valence-corrected chi connectivity index (χ0v) is 11.8. The van der Waals surface area contributed by atoms with Gasteiger partial charge in [0.2, 0.25) is 0 Å². The molecule has 6 heteroatoms. The lowest BCUT2D eigenvalue weighted by molar-refractivity contribution is 0.0954. The van der Waals surface area contributed by atoms with E-state index in [2.05, 4.69) is 26.5 Å². The minimum Gasteiger partial charge on any atom is -0.508 e. The molecule has 0 aliphatic rings. The van der Waals surface area contributed by atoms with Crippen LogP contribution in [0.15, 0.2) is 52.0 Å². The first-order valence-corrected chi connectivity index (χ1v) is 6.43. The fraction of sp³-hybridized carbons (Fsp3) is 0. The SMILES string of the molecule is O=C(N/N=C\c1ccc(F)c(Br)c1)c1cccc(O)c1. The van der Waals surface area contributed by atoms with Crippen LogP contribution >= 0.6 is 15.9 Å². The molecule has 0 spiro atoms. The standard InChI is InChI=1S/C14H10BrFN2O2/c15-12-6-9(4-5-13(12)16)8-17-18-14(20)10-2-1-3-11(19)7-10/h1-8,19H,(H,18,20)/b17-8-. The molecule has 0 radical (unpaired) electrons. The molecule has 102 valence electrons. The number of halogens is 2. The van der Waals surface area contributed by atoms with Crippen LogP contribution in [0.3, 0.4) is 0 Å². The molecule has 1 amide bonds. The number of benzene rings is 2. The highest BCUT2D eigenvalue weighted by molar-refractivity contribution is 9.10. The first-order chi connectivity index (χ1) is 9.56. The molecule has 0 aliphatic heterocycles. The molecule has 0 saturated carbocycles. The van der Waals surface area contributed by atoms with Crippen molar-refractivity contribution in [3.63, 3.8) is 0 Å². The van der Waals surface area contributed by atoms with Crippen molar-refractivity contribution in [1.82, 2.24) is 5.43 Å². The number of carbonyl (C=O) groups excluding carboxylic acids is 1. The summed E-state index contributed by atoms with van der Waals surface area (Å²) in [7, 11) is 0. The maximum Gasteiger partial charge on any atom is 0.271 e. The predicted octanol–water partition coefficient (Wildman–Crippen LogP) is 3.06. The quantitative estimate of drug-likeness (QED) is 0.668. The summed E-state index contributed by atoms with van der Waals surface area (Å²) < 4.78 is 13.3. The van der Waals surface area contributed by atoms with Gasteiger partial charge < -0.3 is 5.11 Å². The lowest BCUT2D eigenvalue weighted by Gasteiger charge is -2.00. The number of phenolic OH excluding ortho intramolecular Hbond substituents is 1. The van der Waals surface area contributed by atoms with E-state index in [4.69, 9.17) is 0 Å². The molecular weight excluding hydrogens is 327 g/mol. The third kappa shape index (κ3) is 3.64. The molecule has 2 aromatic carbocycles. The third-order valence-electron chi connectivity index (χ3n) is 2.43. The maximum absolute atomic E-state index is 13.0. The highest BCUT2D eigenvalue weighted by atomic mass is 79.9. The maximum atomic E-state index is 13.0. The Morgan fingerprint density at radius 3 is 2.80 bits per heavy atom. The Bertz CT molecular complexity index is 674. The van der Waals surface area contributed by atoms with Crippen molar-refractivity contribution in [2.75, 3.05) is 0 Å². The Hall–Kier alpha value is -2.21. The van der Waals surface area contributed by atoms with Crippen molar-refractivity contribution >= 4 is 28.1 Å². The zero-order valence-electron chi connectivity index (χ0n) is 10.2. The molecule has 20 heavy (non-hydrogen) atoms. The summed E-state index contributed by atoms with van der Waals surface area (Å²) in [6.07, 6.45) is 1.39. The molecule has 2 aromatic rings. The van der Waals surface area contributed by atoms with Crippen molar-refractivity contribution in [3.8, 4) is 5.75 Å². The highest BCUT2D eigenvalue weighted by Gasteiger charge is 2.04. The van der Waals surface area contributed by atoms with Gasteiger partial charge in [-0.25, -0.2) is 9.82 Å². The van der Waals surface area contributed by atoms with Gasteiger partial charge in [0.15, 0.2) is 0 Å². The van der Waals surface area contributed by atoms with Crippen LogP contribution in [0, 0.1) is 5.82 Å². The fourth-order valence-corrected chi connectivity index (χ4v) is 1.87. The lowest BCUT2D eigenvalue weighted by Crippen LogP contribution is -2.17. The Morgan fingerprint density at radius 2 is 2.10 bits per heavy atom. The van der Waals surface area contributed by atoms with Crippen molar-refractivity contribution < 1.29 is 14.3 Å². The molecule has 0 heterocycles. The van der Waals surface area contributed by atoms with Gasteiger partial charge in [0.25, 0.3) is 5.91 Å². The molecule has 4 nitrogen and oxygen atoms in total. The lowest BCUT2D eigenvalue weighted by atomic mass is 10.2. The minimum absolute atomic E-state index is 0.00379.